The molecule has 0 spiro atoms. The first-order chi connectivity index (χ1) is 9.22. The molecule has 1 aliphatic carbocycles. The zero-order valence-corrected chi connectivity index (χ0v) is 14.4. The van der Waals surface area contributed by atoms with Gasteiger partial charge in [-0.05, 0) is 51.7 Å². The van der Waals surface area contributed by atoms with Gasteiger partial charge in [-0.3, -0.25) is 0 Å². The summed E-state index contributed by atoms with van der Waals surface area (Å²) in [6.45, 7) is 17.3. The zero-order chi connectivity index (χ0) is 15.4. The summed E-state index contributed by atoms with van der Waals surface area (Å²) in [5.41, 5.74) is 5.88. The van der Waals surface area contributed by atoms with E-state index in [4.69, 9.17) is 4.42 Å². The summed E-state index contributed by atoms with van der Waals surface area (Å²) in [6.07, 6.45) is 3.51. The molecule has 0 fully saturated rings. The average Bonchev–Trinajstić information content (AvgIpc) is 2.84. The number of furan rings is 1. The lowest BCUT2D eigenvalue weighted by Crippen LogP contribution is -1.92. The molecule has 20 heavy (non-hydrogen) atoms. The van der Waals surface area contributed by atoms with Gasteiger partial charge in [-0.15, -0.1) is 0 Å². The van der Waals surface area contributed by atoms with Crippen LogP contribution in [0.1, 0.15) is 71.0 Å². The molecule has 0 radical (unpaired) electrons. The fourth-order valence-corrected chi connectivity index (χ4v) is 2.50. The van der Waals surface area contributed by atoms with Gasteiger partial charge >= 0.3 is 0 Å². The molecule has 1 aliphatic rings. The Morgan fingerprint density at radius 2 is 1.55 bits per heavy atom. The van der Waals surface area contributed by atoms with Crippen LogP contribution >= 0.6 is 0 Å². The van der Waals surface area contributed by atoms with Crippen LogP contribution in [-0.4, -0.2) is 0 Å². The maximum absolute atomic E-state index is 5.48. The normalized spacial score (nSPS) is 14.8. The van der Waals surface area contributed by atoms with Crippen LogP contribution in [0.15, 0.2) is 33.3 Å². The van der Waals surface area contributed by atoms with Crippen molar-refractivity contribution in [3.05, 3.63) is 45.9 Å². The molecule has 0 unspecified atom stereocenters. The highest BCUT2D eigenvalue weighted by Crippen LogP contribution is 2.29. The SMILES string of the molecule is CC1=CC(C)=C(C(C)C)C1.Cc1cc(C(C)C)oc1C. The Kier molecular flexibility index (Phi) is 5.86. The summed E-state index contributed by atoms with van der Waals surface area (Å²) < 4.78 is 5.48. The largest absolute Gasteiger partial charge is 0.466 e. The molecule has 1 nitrogen and oxygen atoms in total. The highest BCUT2D eigenvalue weighted by atomic mass is 16.3. The molecule has 1 heteroatoms. The summed E-state index contributed by atoms with van der Waals surface area (Å²) >= 11 is 0. The molecule has 1 aromatic heterocycles. The molecule has 0 bridgehead atoms. The topological polar surface area (TPSA) is 13.1 Å². The van der Waals surface area contributed by atoms with Crippen molar-refractivity contribution in [3.8, 4) is 0 Å². The molecule has 1 aromatic rings. The Labute approximate surface area is 124 Å². The fourth-order valence-electron chi connectivity index (χ4n) is 2.50. The van der Waals surface area contributed by atoms with Crippen molar-refractivity contribution in [2.45, 2.75) is 67.7 Å². The van der Waals surface area contributed by atoms with E-state index in [2.05, 4.69) is 60.6 Å². The van der Waals surface area contributed by atoms with Gasteiger partial charge < -0.3 is 4.42 Å². The Morgan fingerprint density at radius 3 is 1.75 bits per heavy atom. The van der Waals surface area contributed by atoms with Gasteiger partial charge in [0.2, 0.25) is 0 Å². The molecule has 0 N–H and O–H groups in total. The maximum atomic E-state index is 5.48. The molecule has 1 heterocycles. The smallest absolute Gasteiger partial charge is 0.106 e. The molecule has 112 valence electrons. The molecular formula is C19H30O. The average molecular weight is 274 g/mol. The predicted molar refractivity (Wildman–Crippen MR) is 88.2 cm³/mol. The van der Waals surface area contributed by atoms with Crippen LogP contribution in [0, 0.1) is 19.8 Å². The van der Waals surface area contributed by atoms with Crippen molar-refractivity contribution < 1.29 is 4.42 Å². The maximum Gasteiger partial charge on any atom is 0.106 e. The van der Waals surface area contributed by atoms with E-state index in [1.54, 1.807) is 5.57 Å². The summed E-state index contributed by atoms with van der Waals surface area (Å²) in [5.74, 6) is 3.37. The van der Waals surface area contributed by atoms with Crippen molar-refractivity contribution in [2.75, 3.05) is 0 Å². The molecule has 0 aliphatic heterocycles. The van der Waals surface area contributed by atoms with Crippen LogP contribution < -0.4 is 0 Å². The van der Waals surface area contributed by atoms with Crippen molar-refractivity contribution in [1.82, 2.24) is 0 Å². The highest BCUT2D eigenvalue weighted by molar-refractivity contribution is 5.37. The Bertz CT molecular complexity index is 490. The highest BCUT2D eigenvalue weighted by Gasteiger charge is 2.12. The third-order valence-corrected chi connectivity index (χ3v) is 3.89. The number of rotatable bonds is 2. The first-order valence-corrected chi connectivity index (χ1v) is 7.66. The molecule has 0 saturated heterocycles. The monoisotopic (exact) mass is 274 g/mol. The lowest BCUT2D eigenvalue weighted by molar-refractivity contribution is 0.462. The summed E-state index contributed by atoms with van der Waals surface area (Å²) in [7, 11) is 0. The summed E-state index contributed by atoms with van der Waals surface area (Å²) in [5, 5.41) is 0. The Balaban J connectivity index is 0.000000200. The van der Waals surface area contributed by atoms with Crippen molar-refractivity contribution in [1.29, 1.82) is 0 Å². The van der Waals surface area contributed by atoms with Crippen LogP contribution in [-0.2, 0) is 0 Å². The van der Waals surface area contributed by atoms with Crippen LogP contribution in [0.3, 0.4) is 0 Å². The van der Waals surface area contributed by atoms with E-state index in [1.807, 2.05) is 6.92 Å². The minimum Gasteiger partial charge on any atom is -0.466 e. The fraction of sp³-hybridized carbons (Fsp3) is 0.579. The first-order valence-electron chi connectivity index (χ1n) is 7.66. The van der Waals surface area contributed by atoms with E-state index >= 15 is 0 Å². The number of hydrogen-bond acceptors (Lipinski definition) is 1. The minimum atomic E-state index is 0.507. The summed E-state index contributed by atoms with van der Waals surface area (Å²) in [6, 6.07) is 2.11. The standard InChI is InChI=1S/C10H16.C9H14O/c1-7(2)10-6-8(3)5-9(10)4;1-6(2)9-5-7(3)8(4)10-9/h5,7H,6H2,1-4H3;5-6H,1-4H3. The predicted octanol–water partition coefficient (Wildman–Crippen LogP) is 6.33. The van der Waals surface area contributed by atoms with Crippen molar-refractivity contribution >= 4 is 0 Å². The van der Waals surface area contributed by atoms with Crippen LogP contribution in [0.25, 0.3) is 0 Å². The second-order valence-corrected chi connectivity index (χ2v) is 6.57. The van der Waals surface area contributed by atoms with E-state index in [-0.39, 0.29) is 0 Å². The first kappa shape index (κ1) is 16.8. The minimum absolute atomic E-state index is 0.507. The Morgan fingerprint density at radius 1 is 0.950 bits per heavy atom. The third kappa shape index (κ3) is 4.40. The lowest BCUT2D eigenvalue weighted by atomic mass is 9.98. The molecule has 0 atom stereocenters. The van der Waals surface area contributed by atoms with Crippen molar-refractivity contribution in [3.63, 3.8) is 0 Å². The second-order valence-electron chi connectivity index (χ2n) is 6.57. The van der Waals surface area contributed by atoms with Crippen LogP contribution in [0.4, 0.5) is 0 Å². The van der Waals surface area contributed by atoms with E-state index in [9.17, 15) is 0 Å². The van der Waals surface area contributed by atoms with E-state index in [0.29, 0.717) is 5.92 Å². The van der Waals surface area contributed by atoms with Gasteiger partial charge in [-0.1, -0.05) is 50.5 Å². The quantitative estimate of drug-likeness (QED) is 0.614. The van der Waals surface area contributed by atoms with Gasteiger partial charge in [0.25, 0.3) is 0 Å². The molecule has 0 saturated carbocycles. The number of hydrogen-bond donors (Lipinski definition) is 0. The van der Waals surface area contributed by atoms with Crippen LogP contribution in [0.5, 0.6) is 0 Å². The van der Waals surface area contributed by atoms with Gasteiger partial charge in [-0.2, -0.15) is 0 Å². The van der Waals surface area contributed by atoms with Gasteiger partial charge in [0, 0.05) is 5.92 Å². The van der Waals surface area contributed by atoms with Gasteiger partial charge in [0.1, 0.15) is 11.5 Å². The molecular weight excluding hydrogens is 244 g/mol. The van der Waals surface area contributed by atoms with Gasteiger partial charge in [0.05, 0.1) is 0 Å². The van der Waals surface area contributed by atoms with E-state index in [0.717, 1.165) is 17.4 Å². The molecule has 0 amide bonds. The third-order valence-electron chi connectivity index (χ3n) is 3.89. The molecule has 0 aromatic carbocycles. The zero-order valence-electron chi connectivity index (χ0n) is 14.4. The van der Waals surface area contributed by atoms with Crippen molar-refractivity contribution in [2.24, 2.45) is 5.92 Å². The Hall–Kier alpha value is -1.24. The molecule has 2 rings (SSSR count). The number of aryl methyl sites for hydroxylation is 2. The summed E-state index contributed by atoms with van der Waals surface area (Å²) in [4.78, 5) is 0. The van der Waals surface area contributed by atoms with Crippen LogP contribution in [0.2, 0.25) is 0 Å². The van der Waals surface area contributed by atoms with E-state index in [1.165, 1.54) is 23.1 Å². The van der Waals surface area contributed by atoms with Gasteiger partial charge in [0.15, 0.2) is 0 Å². The second kappa shape index (κ2) is 6.97. The number of allylic oxidation sites excluding steroid dienone is 4. The van der Waals surface area contributed by atoms with E-state index < -0.39 is 0 Å². The lowest BCUT2D eigenvalue weighted by Gasteiger charge is -2.07. The van der Waals surface area contributed by atoms with Gasteiger partial charge in [-0.25, -0.2) is 0 Å².